The topological polar surface area (TPSA) is 96.4 Å². The van der Waals surface area contributed by atoms with Gasteiger partial charge >= 0.3 is 5.97 Å². The number of nitrogens with zero attached hydrogens (tertiary/aromatic N) is 2. The number of benzene rings is 1. The van der Waals surface area contributed by atoms with Gasteiger partial charge in [0.05, 0.1) is 30.8 Å². The smallest absolute Gasteiger partial charge is 0.312 e. The summed E-state index contributed by atoms with van der Waals surface area (Å²) < 4.78 is 12.5. The average molecular weight is 567 g/mol. The first-order valence-corrected chi connectivity index (χ1v) is 14.9. The fraction of sp³-hybridized carbons (Fsp3) is 0.606. The summed E-state index contributed by atoms with van der Waals surface area (Å²) in [6, 6.07) is 4.26. The Hall–Kier alpha value is -2.97. The Labute approximate surface area is 244 Å². The number of aryl methyl sites for hydroxylation is 2. The van der Waals surface area contributed by atoms with Crippen molar-refractivity contribution in [2.75, 3.05) is 24.7 Å². The molecule has 1 spiro atoms. The van der Waals surface area contributed by atoms with Crippen LogP contribution < -0.4 is 4.90 Å². The van der Waals surface area contributed by atoms with E-state index in [1.165, 1.54) is 0 Å². The van der Waals surface area contributed by atoms with Gasteiger partial charge in [0.2, 0.25) is 5.91 Å². The van der Waals surface area contributed by atoms with E-state index in [0.717, 1.165) is 16.8 Å². The molecular formula is C33H46N2O6. The van der Waals surface area contributed by atoms with Crippen molar-refractivity contribution in [1.29, 1.82) is 0 Å². The molecule has 2 bridgehead atoms. The number of amides is 2. The third-order valence-corrected chi connectivity index (χ3v) is 9.31. The van der Waals surface area contributed by atoms with Gasteiger partial charge in [-0.05, 0) is 63.0 Å². The molecule has 3 fully saturated rings. The zero-order valence-electron chi connectivity index (χ0n) is 25.2. The lowest BCUT2D eigenvalue weighted by Crippen LogP contribution is -2.59. The zero-order valence-corrected chi connectivity index (χ0v) is 25.2. The Morgan fingerprint density at radius 3 is 2.46 bits per heavy atom. The number of fused-ring (bicyclic) bond motifs is 1. The van der Waals surface area contributed by atoms with Crippen molar-refractivity contribution < 1.29 is 29.0 Å². The molecule has 1 aromatic carbocycles. The number of aliphatic hydroxyl groups excluding tert-OH is 1. The molecule has 4 rings (SSSR count). The molecule has 3 aliphatic heterocycles. The SMILES string of the molecule is C=CCCOC(=O)[C@@H]1[C@H]2C(=O)N([C@@H](CO)CC(C)C)C(C(=O)N(CC=C)c3c(C)cccc3C)C23CC[C@@]1(CC)O3. The van der Waals surface area contributed by atoms with E-state index in [2.05, 4.69) is 13.2 Å². The van der Waals surface area contributed by atoms with Crippen molar-refractivity contribution in [3.05, 3.63) is 54.6 Å². The van der Waals surface area contributed by atoms with Crippen LogP contribution in [0.4, 0.5) is 5.69 Å². The Bertz CT molecular complexity index is 1180. The minimum absolute atomic E-state index is 0.162. The standard InChI is InChI=1S/C33H46N2O6/c1-8-11-18-40-31(39)26-25-29(37)35(24(20-36)19-21(4)5)28(33(25)16-15-32(26,10-3)41-33)30(38)34(17-9-2)27-22(6)13-12-14-23(27)7/h8-9,12-14,21,24-26,28,36H,1-2,10-11,15-20H2,3-7H3/t24-,25+,26+,28?,32-,33?/m1/s1. The van der Waals surface area contributed by atoms with E-state index in [-0.39, 0.29) is 37.5 Å². The predicted molar refractivity (Wildman–Crippen MR) is 158 cm³/mol. The Morgan fingerprint density at radius 2 is 1.90 bits per heavy atom. The summed E-state index contributed by atoms with van der Waals surface area (Å²) in [5.74, 6) is -2.60. The van der Waals surface area contributed by atoms with Gasteiger partial charge in [-0.3, -0.25) is 14.4 Å². The van der Waals surface area contributed by atoms with Crippen molar-refractivity contribution in [2.45, 2.75) is 90.0 Å². The number of para-hydroxylation sites is 1. The van der Waals surface area contributed by atoms with E-state index in [4.69, 9.17) is 9.47 Å². The number of anilines is 1. The van der Waals surface area contributed by atoms with Gasteiger partial charge in [-0.1, -0.05) is 51.1 Å². The molecule has 3 heterocycles. The lowest BCUT2D eigenvalue weighted by atomic mass is 9.65. The van der Waals surface area contributed by atoms with Gasteiger partial charge in [0.15, 0.2) is 0 Å². The van der Waals surface area contributed by atoms with Crippen LogP contribution in [0.2, 0.25) is 0 Å². The van der Waals surface area contributed by atoms with E-state index in [0.29, 0.717) is 32.1 Å². The highest BCUT2D eigenvalue weighted by Gasteiger charge is 2.79. The van der Waals surface area contributed by atoms with Crippen LogP contribution in [0.3, 0.4) is 0 Å². The molecule has 2 amide bonds. The fourth-order valence-corrected chi connectivity index (χ4v) is 7.64. The molecule has 3 aliphatic rings. The number of hydrogen-bond donors (Lipinski definition) is 1. The first kappa shape index (κ1) is 31.0. The minimum atomic E-state index is -1.20. The summed E-state index contributed by atoms with van der Waals surface area (Å²) in [4.78, 5) is 46.3. The second-order valence-corrected chi connectivity index (χ2v) is 12.3. The number of likely N-dealkylation sites (tertiary alicyclic amines) is 1. The Morgan fingerprint density at radius 1 is 1.22 bits per heavy atom. The molecule has 224 valence electrons. The van der Waals surface area contributed by atoms with Crippen LogP contribution in [0.15, 0.2) is 43.5 Å². The Kier molecular flexibility index (Phi) is 9.14. The minimum Gasteiger partial charge on any atom is -0.465 e. The first-order chi connectivity index (χ1) is 19.5. The summed E-state index contributed by atoms with van der Waals surface area (Å²) in [6.07, 6.45) is 5.90. The second kappa shape index (κ2) is 12.1. The Balaban J connectivity index is 1.88. The van der Waals surface area contributed by atoms with Gasteiger partial charge in [0, 0.05) is 12.2 Å². The van der Waals surface area contributed by atoms with Gasteiger partial charge in [-0.2, -0.15) is 0 Å². The number of esters is 1. The molecule has 1 N–H and O–H groups in total. The van der Waals surface area contributed by atoms with Crippen LogP contribution in [0.25, 0.3) is 0 Å². The number of hydrogen-bond acceptors (Lipinski definition) is 6. The van der Waals surface area contributed by atoms with Crippen molar-refractivity contribution in [2.24, 2.45) is 17.8 Å². The second-order valence-electron chi connectivity index (χ2n) is 12.3. The van der Waals surface area contributed by atoms with E-state index in [9.17, 15) is 19.5 Å². The van der Waals surface area contributed by atoms with Gasteiger partial charge in [0.1, 0.15) is 17.6 Å². The molecular weight excluding hydrogens is 520 g/mol. The van der Waals surface area contributed by atoms with Gasteiger partial charge < -0.3 is 24.4 Å². The summed E-state index contributed by atoms with van der Waals surface area (Å²) >= 11 is 0. The van der Waals surface area contributed by atoms with Gasteiger partial charge in [0.25, 0.3) is 5.91 Å². The highest BCUT2D eigenvalue weighted by Crippen LogP contribution is 2.65. The molecule has 0 radical (unpaired) electrons. The van der Waals surface area contributed by atoms with Crippen LogP contribution in [0.1, 0.15) is 64.0 Å². The van der Waals surface area contributed by atoms with Crippen molar-refractivity contribution >= 4 is 23.5 Å². The molecule has 0 aliphatic carbocycles. The summed E-state index contributed by atoms with van der Waals surface area (Å²) in [5.41, 5.74) is 0.539. The van der Waals surface area contributed by atoms with Crippen molar-refractivity contribution in [3.63, 3.8) is 0 Å². The molecule has 0 aromatic heterocycles. The van der Waals surface area contributed by atoms with Crippen LogP contribution in [0.5, 0.6) is 0 Å². The highest BCUT2D eigenvalue weighted by atomic mass is 16.6. The number of ether oxygens (including phenoxy) is 2. The van der Waals surface area contributed by atoms with Crippen molar-refractivity contribution in [3.8, 4) is 0 Å². The maximum absolute atomic E-state index is 14.9. The van der Waals surface area contributed by atoms with Gasteiger partial charge in [-0.25, -0.2) is 0 Å². The van der Waals surface area contributed by atoms with Crippen LogP contribution >= 0.6 is 0 Å². The van der Waals surface area contributed by atoms with Crippen LogP contribution in [-0.2, 0) is 23.9 Å². The lowest BCUT2D eigenvalue weighted by molar-refractivity contribution is -0.162. The number of aliphatic hydroxyl groups is 1. The lowest BCUT2D eigenvalue weighted by Gasteiger charge is -2.40. The van der Waals surface area contributed by atoms with E-state index < -0.39 is 41.1 Å². The van der Waals surface area contributed by atoms with Crippen LogP contribution in [-0.4, -0.2) is 70.8 Å². The third kappa shape index (κ3) is 5.03. The molecule has 8 nitrogen and oxygen atoms in total. The van der Waals surface area contributed by atoms with E-state index in [1.807, 2.05) is 52.8 Å². The molecule has 41 heavy (non-hydrogen) atoms. The fourth-order valence-electron chi connectivity index (χ4n) is 7.64. The molecule has 3 saturated heterocycles. The van der Waals surface area contributed by atoms with Crippen LogP contribution in [0, 0.1) is 31.6 Å². The normalized spacial score (nSPS) is 29.0. The van der Waals surface area contributed by atoms with E-state index in [1.54, 1.807) is 22.0 Å². The largest absolute Gasteiger partial charge is 0.465 e. The monoisotopic (exact) mass is 566 g/mol. The zero-order chi connectivity index (χ0) is 30.1. The summed E-state index contributed by atoms with van der Waals surface area (Å²) in [7, 11) is 0. The number of rotatable bonds is 13. The number of carbonyl (C=O) groups excluding carboxylic acids is 3. The van der Waals surface area contributed by atoms with Crippen molar-refractivity contribution in [1.82, 2.24) is 4.90 Å². The highest BCUT2D eigenvalue weighted by molar-refractivity contribution is 6.05. The summed E-state index contributed by atoms with van der Waals surface area (Å²) in [5, 5.41) is 10.6. The predicted octanol–water partition coefficient (Wildman–Crippen LogP) is 4.50. The van der Waals surface area contributed by atoms with E-state index >= 15 is 0 Å². The number of carbonyl (C=O) groups is 3. The average Bonchev–Trinajstić information content (AvgIpc) is 3.54. The van der Waals surface area contributed by atoms with Gasteiger partial charge in [-0.15, -0.1) is 13.2 Å². The molecule has 1 aromatic rings. The maximum atomic E-state index is 14.9. The molecule has 2 unspecified atom stereocenters. The quantitative estimate of drug-likeness (QED) is 0.215. The first-order valence-electron chi connectivity index (χ1n) is 14.9. The summed E-state index contributed by atoms with van der Waals surface area (Å²) in [6.45, 7) is 17.6. The molecule has 8 heteroatoms. The molecule has 6 atom stereocenters. The maximum Gasteiger partial charge on any atom is 0.312 e. The molecule has 0 saturated carbocycles. The third-order valence-electron chi connectivity index (χ3n) is 9.31.